The van der Waals surface area contributed by atoms with Crippen LogP contribution in [-0.4, -0.2) is 75.0 Å². The van der Waals surface area contributed by atoms with Gasteiger partial charge >= 0.3 is 0 Å². The molecule has 2 saturated heterocycles. The second-order valence-corrected chi connectivity index (χ2v) is 6.98. The number of piperidine rings is 1. The van der Waals surface area contributed by atoms with Gasteiger partial charge in [0.15, 0.2) is 0 Å². The molecule has 1 atom stereocenters. The third kappa shape index (κ3) is 3.87. The highest BCUT2D eigenvalue weighted by Crippen LogP contribution is 2.19. The van der Waals surface area contributed by atoms with Crippen LogP contribution in [0.15, 0.2) is 0 Å². The quantitative estimate of drug-likeness (QED) is 0.680. The van der Waals surface area contributed by atoms with Crippen LogP contribution in [0.25, 0.3) is 0 Å². The van der Waals surface area contributed by atoms with E-state index in [-0.39, 0.29) is 6.04 Å². The maximum atomic E-state index is 12.4. The van der Waals surface area contributed by atoms with E-state index in [1.807, 2.05) is 7.05 Å². The Balaban J connectivity index is 1.96. The first-order valence-electron chi connectivity index (χ1n) is 6.95. The standard InChI is InChI=1S/C11H25N5O2S/c1-14-6-8-15(9-7-14)13-19(17,18)16-5-3-2-4-11(16)10-12/h11,13H,2-10,12H2,1H3. The molecule has 112 valence electrons. The van der Waals surface area contributed by atoms with E-state index in [0.717, 1.165) is 45.4 Å². The largest absolute Gasteiger partial charge is 0.329 e. The summed E-state index contributed by atoms with van der Waals surface area (Å²) >= 11 is 0. The number of nitrogens with zero attached hydrogens (tertiary/aromatic N) is 3. The third-order valence-corrected chi connectivity index (χ3v) is 5.49. The zero-order valence-electron chi connectivity index (χ0n) is 11.6. The minimum absolute atomic E-state index is 0.0567. The Bertz CT molecular complexity index is 381. The highest BCUT2D eigenvalue weighted by atomic mass is 32.2. The van der Waals surface area contributed by atoms with Crippen molar-refractivity contribution in [3.63, 3.8) is 0 Å². The number of nitrogens with two attached hydrogens (primary N) is 1. The van der Waals surface area contributed by atoms with E-state index >= 15 is 0 Å². The molecule has 2 rings (SSSR count). The van der Waals surface area contributed by atoms with Gasteiger partial charge in [-0.1, -0.05) is 6.42 Å². The summed E-state index contributed by atoms with van der Waals surface area (Å²) in [7, 11) is -1.41. The minimum Gasteiger partial charge on any atom is -0.329 e. The predicted molar refractivity (Wildman–Crippen MR) is 74.5 cm³/mol. The fraction of sp³-hybridized carbons (Fsp3) is 1.00. The summed E-state index contributed by atoms with van der Waals surface area (Å²) in [6, 6.07) is -0.0567. The van der Waals surface area contributed by atoms with Gasteiger partial charge in [0.05, 0.1) is 0 Å². The van der Waals surface area contributed by atoms with Gasteiger partial charge in [0.2, 0.25) is 0 Å². The Morgan fingerprint density at radius 2 is 1.84 bits per heavy atom. The number of rotatable bonds is 4. The van der Waals surface area contributed by atoms with Crippen molar-refractivity contribution < 1.29 is 8.42 Å². The van der Waals surface area contributed by atoms with Gasteiger partial charge in [-0.3, -0.25) is 0 Å². The molecule has 8 heteroatoms. The topological polar surface area (TPSA) is 81.9 Å². The molecule has 0 aromatic carbocycles. The first-order chi connectivity index (χ1) is 9.03. The lowest BCUT2D eigenvalue weighted by Crippen LogP contribution is -2.58. The summed E-state index contributed by atoms with van der Waals surface area (Å²) in [4.78, 5) is 4.89. The maximum Gasteiger partial charge on any atom is 0.292 e. The van der Waals surface area contributed by atoms with E-state index in [2.05, 4.69) is 9.73 Å². The highest BCUT2D eigenvalue weighted by molar-refractivity contribution is 7.87. The van der Waals surface area contributed by atoms with Crippen molar-refractivity contribution in [2.24, 2.45) is 5.73 Å². The molecule has 0 bridgehead atoms. The van der Waals surface area contributed by atoms with E-state index in [1.54, 1.807) is 5.01 Å². The van der Waals surface area contributed by atoms with Crippen LogP contribution in [0.2, 0.25) is 0 Å². The Hall–Kier alpha value is -0.250. The van der Waals surface area contributed by atoms with Crippen molar-refractivity contribution in [1.29, 1.82) is 0 Å². The van der Waals surface area contributed by atoms with Crippen LogP contribution in [0.3, 0.4) is 0 Å². The van der Waals surface area contributed by atoms with Crippen molar-refractivity contribution in [3.05, 3.63) is 0 Å². The van der Waals surface area contributed by atoms with Crippen LogP contribution < -0.4 is 10.6 Å². The van der Waals surface area contributed by atoms with Crippen molar-refractivity contribution in [2.75, 3.05) is 46.3 Å². The molecule has 2 fully saturated rings. The first-order valence-corrected chi connectivity index (χ1v) is 8.39. The van der Waals surface area contributed by atoms with E-state index in [1.165, 1.54) is 4.31 Å². The molecule has 2 aliphatic heterocycles. The molecule has 0 saturated carbocycles. The van der Waals surface area contributed by atoms with Crippen LogP contribution in [0.5, 0.6) is 0 Å². The monoisotopic (exact) mass is 291 g/mol. The number of likely N-dealkylation sites (N-methyl/N-ethyl adjacent to an activating group) is 1. The summed E-state index contributed by atoms with van der Waals surface area (Å²) in [5.41, 5.74) is 5.69. The molecule has 7 nitrogen and oxygen atoms in total. The van der Waals surface area contributed by atoms with E-state index in [0.29, 0.717) is 13.1 Å². The molecule has 0 aliphatic carbocycles. The smallest absolute Gasteiger partial charge is 0.292 e. The predicted octanol–water partition coefficient (Wildman–Crippen LogP) is -1.20. The SMILES string of the molecule is CN1CCN(NS(=O)(=O)N2CCCCC2CN)CC1. The Labute approximate surface area is 115 Å². The lowest BCUT2D eigenvalue weighted by molar-refractivity contribution is 0.128. The van der Waals surface area contributed by atoms with Crippen molar-refractivity contribution >= 4 is 10.2 Å². The van der Waals surface area contributed by atoms with E-state index in [4.69, 9.17) is 5.73 Å². The molecule has 0 radical (unpaired) electrons. The maximum absolute atomic E-state index is 12.4. The molecule has 0 aromatic heterocycles. The van der Waals surface area contributed by atoms with Crippen LogP contribution >= 0.6 is 0 Å². The van der Waals surface area contributed by atoms with Crippen molar-refractivity contribution in [3.8, 4) is 0 Å². The van der Waals surface area contributed by atoms with Crippen LogP contribution in [0, 0.1) is 0 Å². The third-order valence-electron chi connectivity index (χ3n) is 3.90. The first kappa shape index (κ1) is 15.1. The van der Waals surface area contributed by atoms with Gasteiger partial charge in [0.1, 0.15) is 0 Å². The van der Waals surface area contributed by atoms with Crippen molar-refractivity contribution in [2.45, 2.75) is 25.3 Å². The molecule has 19 heavy (non-hydrogen) atoms. The summed E-state index contributed by atoms with van der Waals surface area (Å²) < 4.78 is 26.4. The van der Waals surface area contributed by atoms with Gasteiger partial charge in [-0.2, -0.15) is 12.7 Å². The number of nitrogens with one attached hydrogen (secondary N) is 1. The number of hydrazine groups is 1. The molecule has 1 unspecified atom stereocenters. The summed E-state index contributed by atoms with van der Waals surface area (Å²) in [5.74, 6) is 0. The van der Waals surface area contributed by atoms with Gasteiger partial charge < -0.3 is 10.6 Å². The number of hydrogen-bond donors (Lipinski definition) is 2. The zero-order valence-corrected chi connectivity index (χ0v) is 12.4. The summed E-state index contributed by atoms with van der Waals surface area (Å²) in [5, 5.41) is 1.79. The molecule has 0 aromatic rings. The van der Waals surface area contributed by atoms with Gasteiger partial charge in [0.25, 0.3) is 10.2 Å². The van der Waals surface area contributed by atoms with E-state index < -0.39 is 10.2 Å². The molecule has 0 spiro atoms. The second-order valence-electron chi connectivity index (χ2n) is 5.38. The average molecular weight is 291 g/mol. The summed E-state index contributed by atoms with van der Waals surface area (Å²) in [6.07, 6.45) is 2.84. The van der Waals surface area contributed by atoms with Crippen molar-refractivity contribution in [1.82, 2.24) is 19.0 Å². The number of hydrogen-bond acceptors (Lipinski definition) is 5. The van der Waals surface area contributed by atoms with Gasteiger partial charge in [0, 0.05) is 45.3 Å². The van der Waals surface area contributed by atoms with E-state index in [9.17, 15) is 8.42 Å². The normalized spacial score (nSPS) is 28.6. The molecule has 2 heterocycles. The zero-order chi connectivity index (χ0) is 13.9. The molecule has 2 aliphatic rings. The fourth-order valence-electron chi connectivity index (χ4n) is 2.64. The summed E-state index contributed by atoms with van der Waals surface area (Å²) in [6.45, 7) is 4.16. The average Bonchev–Trinajstić information content (AvgIpc) is 2.41. The lowest BCUT2D eigenvalue weighted by Gasteiger charge is -2.37. The minimum atomic E-state index is -3.45. The van der Waals surface area contributed by atoms with Gasteiger partial charge in [-0.05, 0) is 19.9 Å². The Kier molecular flexibility index (Phi) is 5.15. The molecule has 0 amide bonds. The Morgan fingerprint density at radius 1 is 1.16 bits per heavy atom. The van der Waals surface area contributed by atoms with Gasteiger partial charge in [-0.25, -0.2) is 5.01 Å². The Morgan fingerprint density at radius 3 is 2.47 bits per heavy atom. The molecule has 3 N–H and O–H groups in total. The fourth-order valence-corrected chi connectivity index (χ4v) is 4.21. The van der Waals surface area contributed by atoms with Crippen LogP contribution in [-0.2, 0) is 10.2 Å². The molecular formula is C11H25N5O2S. The molecular weight excluding hydrogens is 266 g/mol. The van der Waals surface area contributed by atoms with Crippen LogP contribution in [0.1, 0.15) is 19.3 Å². The lowest BCUT2D eigenvalue weighted by atomic mass is 10.1. The number of piperazine rings is 1. The van der Waals surface area contributed by atoms with Crippen LogP contribution in [0.4, 0.5) is 0 Å². The van der Waals surface area contributed by atoms with Gasteiger partial charge in [-0.15, -0.1) is 4.83 Å². The highest BCUT2D eigenvalue weighted by Gasteiger charge is 2.32. The second kappa shape index (κ2) is 6.47.